The van der Waals surface area contributed by atoms with Crippen LogP contribution in [0.25, 0.3) is 0 Å². The highest BCUT2D eigenvalue weighted by Gasteiger charge is 2.23. The lowest BCUT2D eigenvalue weighted by molar-refractivity contribution is -0.127. The summed E-state index contributed by atoms with van der Waals surface area (Å²) in [6.45, 7) is 3.50. The molecule has 2 N–H and O–H groups in total. The Kier molecular flexibility index (Phi) is 4.04. The van der Waals surface area contributed by atoms with Crippen LogP contribution in [0, 0.1) is 5.82 Å². The summed E-state index contributed by atoms with van der Waals surface area (Å²) in [4.78, 5) is 15.6. The number of hydrogen-bond acceptors (Lipinski definition) is 3. The fraction of sp³-hybridized carbons (Fsp3) is 0.500. The SMILES string of the molecule is C[C@@H](N)c1c(F)cccc1N1CCCN(C)C(=O)C1. The van der Waals surface area contributed by atoms with Gasteiger partial charge in [-0.2, -0.15) is 0 Å². The standard InChI is InChI=1S/C14H20FN3O/c1-10(16)14-11(15)5-3-6-12(14)18-8-4-7-17(2)13(19)9-18/h3,5-6,10H,4,7-9,16H2,1-2H3/t10-/m1/s1. The number of halogens is 1. The van der Waals surface area contributed by atoms with E-state index in [-0.39, 0.29) is 18.3 Å². The molecule has 1 aliphatic rings. The van der Waals surface area contributed by atoms with E-state index in [1.165, 1.54) is 6.07 Å². The maximum absolute atomic E-state index is 13.9. The summed E-state index contributed by atoms with van der Waals surface area (Å²) >= 11 is 0. The van der Waals surface area contributed by atoms with Gasteiger partial charge in [-0.1, -0.05) is 6.07 Å². The summed E-state index contributed by atoms with van der Waals surface area (Å²) in [5, 5.41) is 0. The van der Waals surface area contributed by atoms with Gasteiger partial charge in [-0.25, -0.2) is 4.39 Å². The van der Waals surface area contributed by atoms with Crippen LogP contribution in [0.5, 0.6) is 0 Å². The molecule has 1 aromatic rings. The zero-order valence-corrected chi connectivity index (χ0v) is 11.4. The van der Waals surface area contributed by atoms with Gasteiger partial charge >= 0.3 is 0 Å². The van der Waals surface area contributed by atoms with Crippen LogP contribution in [0.4, 0.5) is 10.1 Å². The number of rotatable bonds is 2. The van der Waals surface area contributed by atoms with Gasteiger partial charge in [0.25, 0.3) is 0 Å². The predicted molar refractivity (Wildman–Crippen MR) is 73.5 cm³/mol. The van der Waals surface area contributed by atoms with Crippen LogP contribution in [0.15, 0.2) is 18.2 Å². The van der Waals surface area contributed by atoms with Crippen molar-refractivity contribution in [3.05, 3.63) is 29.6 Å². The summed E-state index contributed by atoms with van der Waals surface area (Å²) in [5.74, 6) is -0.255. The second-order valence-corrected chi connectivity index (χ2v) is 5.05. The van der Waals surface area contributed by atoms with E-state index in [0.717, 1.165) is 25.2 Å². The fourth-order valence-electron chi connectivity index (χ4n) is 2.44. The quantitative estimate of drug-likeness (QED) is 0.882. The molecule has 19 heavy (non-hydrogen) atoms. The lowest BCUT2D eigenvalue weighted by Gasteiger charge is -2.26. The summed E-state index contributed by atoms with van der Waals surface area (Å²) in [6.07, 6.45) is 0.872. The molecule has 4 nitrogen and oxygen atoms in total. The smallest absolute Gasteiger partial charge is 0.241 e. The number of carbonyl (C=O) groups excluding carboxylic acids is 1. The largest absolute Gasteiger partial charge is 0.362 e. The van der Waals surface area contributed by atoms with Crippen LogP contribution in [0.1, 0.15) is 24.9 Å². The lowest BCUT2D eigenvalue weighted by Crippen LogP contribution is -2.35. The zero-order chi connectivity index (χ0) is 14.0. The Labute approximate surface area is 113 Å². The van der Waals surface area contributed by atoms with Crippen LogP contribution < -0.4 is 10.6 Å². The molecule has 0 aliphatic carbocycles. The van der Waals surface area contributed by atoms with Crippen molar-refractivity contribution in [2.75, 3.05) is 31.6 Å². The Morgan fingerprint density at radius 2 is 2.11 bits per heavy atom. The second kappa shape index (κ2) is 5.57. The summed E-state index contributed by atoms with van der Waals surface area (Å²) < 4.78 is 13.9. The van der Waals surface area contributed by atoms with Crippen molar-refractivity contribution in [3.63, 3.8) is 0 Å². The van der Waals surface area contributed by atoms with Crippen molar-refractivity contribution in [2.24, 2.45) is 5.73 Å². The third-order valence-electron chi connectivity index (χ3n) is 3.50. The Morgan fingerprint density at radius 1 is 1.37 bits per heavy atom. The van der Waals surface area contributed by atoms with E-state index in [2.05, 4.69) is 0 Å². The monoisotopic (exact) mass is 265 g/mol. The van der Waals surface area contributed by atoms with E-state index in [1.807, 2.05) is 11.0 Å². The average molecular weight is 265 g/mol. The molecule has 1 fully saturated rings. The first-order valence-corrected chi connectivity index (χ1v) is 6.53. The van der Waals surface area contributed by atoms with Gasteiger partial charge in [-0.15, -0.1) is 0 Å². The highest BCUT2D eigenvalue weighted by atomic mass is 19.1. The molecular formula is C14H20FN3O. The van der Waals surface area contributed by atoms with Crippen molar-refractivity contribution >= 4 is 11.6 Å². The van der Waals surface area contributed by atoms with Gasteiger partial charge in [-0.05, 0) is 25.5 Å². The van der Waals surface area contributed by atoms with E-state index >= 15 is 0 Å². The molecule has 0 aromatic heterocycles. The first-order valence-electron chi connectivity index (χ1n) is 6.53. The van der Waals surface area contributed by atoms with E-state index in [1.54, 1.807) is 24.9 Å². The molecule has 2 rings (SSSR count). The van der Waals surface area contributed by atoms with Gasteiger partial charge in [0.05, 0.1) is 6.54 Å². The molecule has 104 valence electrons. The molecule has 0 spiro atoms. The van der Waals surface area contributed by atoms with Crippen LogP contribution in [-0.4, -0.2) is 37.5 Å². The maximum Gasteiger partial charge on any atom is 0.241 e. The minimum Gasteiger partial charge on any atom is -0.362 e. The molecule has 5 heteroatoms. The molecule has 1 aromatic carbocycles. The molecular weight excluding hydrogens is 245 g/mol. The first-order chi connectivity index (χ1) is 9.00. The molecule has 1 saturated heterocycles. The highest BCUT2D eigenvalue weighted by molar-refractivity contribution is 5.82. The Balaban J connectivity index is 2.36. The van der Waals surface area contributed by atoms with Crippen molar-refractivity contribution in [2.45, 2.75) is 19.4 Å². The number of anilines is 1. The van der Waals surface area contributed by atoms with Gasteiger partial charge in [-0.3, -0.25) is 4.79 Å². The number of nitrogens with two attached hydrogens (primary N) is 1. The second-order valence-electron chi connectivity index (χ2n) is 5.05. The van der Waals surface area contributed by atoms with Gasteiger partial charge in [0.2, 0.25) is 5.91 Å². The average Bonchev–Trinajstić information content (AvgIpc) is 2.51. The summed E-state index contributed by atoms with van der Waals surface area (Å²) in [6, 6.07) is 4.51. The molecule has 0 unspecified atom stereocenters. The zero-order valence-electron chi connectivity index (χ0n) is 11.4. The number of hydrogen-bond donors (Lipinski definition) is 1. The molecule has 0 radical (unpaired) electrons. The summed E-state index contributed by atoms with van der Waals surface area (Å²) in [7, 11) is 1.80. The predicted octanol–water partition coefficient (Wildman–Crippen LogP) is 1.51. The molecule has 1 amide bonds. The molecule has 1 heterocycles. The lowest BCUT2D eigenvalue weighted by atomic mass is 10.0. The van der Waals surface area contributed by atoms with Crippen molar-refractivity contribution in [3.8, 4) is 0 Å². The van der Waals surface area contributed by atoms with Crippen molar-refractivity contribution in [1.82, 2.24) is 4.90 Å². The molecule has 1 aliphatic heterocycles. The van der Waals surface area contributed by atoms with Gasteiger partial charge in [0, 0.05) is 37.4 Å². The number of amides is 1. The third kappa shape index (κ3) is 2.87. The van der Waals surface area contributed by atoms with Crippen LogP contribution >= 0.6 is 0 Å². The van der Waals surface area contributed by atoms with Gasteiger partial charge in [0.1, 0.15) is 5.82 Å². The van der Waals surface area contributed by atoms with E-state index < -0.39 is 6.04 Å². The van der Waals surface area contributed by atoms with Crippen LogP contribution in [0.2, 0.25) is 0 Å². The minimum absolute atomic E-state index is 0.0531. The number of nitrogens with zero attached hydrogens (tertiary/aromatic N) is 2. The van der Waals surface area contributed by atoms with E-state index in [0.29, 0.717) is 5.56 Å². The molecule has 0 saturated carbocycles. The summed E-state index contributed by atoms with van der Waals surface area (Å²) in [5.41, 5.74) is 7.08. The number of benzene rings is 1. The van der Waals surface area contributed by atoms with Gasteiger partial charge in [0.15, 0.2) is 0 Å². The van der Waals surface area contributed by atoms with Crippen LogP contribution in [0.3, 0.4) is 0 Å². The Bertz CT molecular complexity index is 476. The van der Waals surface area contributed by atoms with Crippen LogP contribution in [-0.2, 0) is 4.79 Å². The van der Waals surface area contributed by atoms with Crippen molar-refractivity contribution < 1.29 is 9.18 Å². The minimum atomic E-state index is -0.396. The van der Waals surface area contributed by atoms with Crippen molar-refractivity contribution in [1.29, 1.82) is 0 Å². The highest BCUT2D eigenvalue weighted by Crippen LogP contribution is 2.28. The normalized spacial score (nSPS) is 18.4. The van der Waals surface area contributed by atoms with E-state index in [9.17, 15) is 9.18 Å². The third-order valence-corrected chi connectivity index (χ3v) is 3.50. The fourth-order valence-corrected chi connectivity index (χ4v) is 2.44. The molecule has 1 atom stereocenters. The van der Waals surface area contributed by atoms with E-state index in [4.69, 9.17) is 5.73 Å². The molecule has 0 bridgehead atoms. The Morgan fingerprint density at radius 3 is 2.79 bits per heavy atom. The topological polar surface area (TPSA) is 49.6 Å². The number of likely N-dealkylation sites (N-methyl/N-ethyl adjacent to an activating group) is 1. The first kappa shape index (κ1) is 13.8. The Hall–Kier alpha value is -1.62. The number of carbonyl (C=O) groups is 1. The maximum atomic E-state index is 13.9. The van der Waals surface area contributed by atoms with Gasteiger partial charge < -0.3 is 15.5 Å².